The Labute approximate surface area is 144 Å². The molecule has 0 bridgehead atoms. The van der Waals surface area contributed by atoms with Gasteiger partial charge in [-0.15, -0.1) is 0 Å². The van der Waals surface area contributed by atoms with Crippen LogP contribution in [0.2, 0.25) is 0 Å². The molecule has 0 spiro atoms. The predicted molar refractivity (Wildman–Crippen MR) is 94.8 cm³/mol. The van der Waals surface area contributed by atoms with Gasteiger partial charge in [0.2, 0.25) is 20.0 Å². The largest absolute Gasteiger partial charge is 0.304 e. The first-order valence-electron chi connectivity index (χ1n) is 7.96. The van der Waals surface area contributed by atoms with E-state index < -0.39 is 20.0 Å². The molecule has 0 aromatic heterocycles. The van der Waals surface area contributed by atoms with Crippen LogP contribution in [0.5, 0.6) is 0 Å². The highest BCUT2D eigenvalue weighted by atomic mass is 32.2. The first-order chi connectivity index (χ1) is 11.3. The Kier molecular flexibility index (Phi) is 6.76. The van der Waals surface area contributed by atoms with Gasteiger partial charge >= 0.3 is 0 Å². The van der Waals surface area contributed by atoms with E-state index in [1.165, 1.54) is 4.31 Å². The Morgan fingerprint density at radius 1 is 0.958 bits per heavy atom. The fraction of sp³-hybridized carbons (Fsp3) is 0.600. The van der Waals surface area contributed by atoms with Crippen molar-refractivity contribution >= 4 is 20.0 Å². The summed E-state index contributed by atoms with van der Waals surface area (Å²) in [6.07, 6.45) is 0.404. The molecule has 0 radical (unpaired) electrons. The Morgan fingerprint density at radius 3 is 2.21 bits per heavy atom. The van der Waals surface area contributed by atoms with Gasteiger partial charge in [-0.05, 0) is 19.0 Å². The molecule has 1 fully saturated rings. The maximum Gasteiger partial charge on any atom is 0.215 e. The van der Waals surface area contributed by atoms with Gasteiger partial charge in [0.25, 0.3) is 0 Å². The van der Waals surface area contributed by atoms with Gasteiger partial charge in [-0.25, -0.2) is 21.6 Å². The van der Waals surface area contributed by atoms with Crippen LogP contribution in [0.15, 0.2) is 30.3 Å². The zero-order valence-corrected chi connectivity index (χ0v) is 15.5. The molecule has 0 aliphatic carbocycles. The van der Waals surface area contributed by atoms with Crippen molar-refractivity contribution in [2.75, 3.05) is 51.3 Å². The van der Waals surface area contributed by atoms with Crippen molar-refractivity contribution in [1.29, 1.82) is 0 Å². The number of hydrogen-bond acceptors (Lipinski definition) is 5. The Balaban J connectivity index is 1.77. The standard InChI is InChI=1S/C15H25N3O4S2/c1-17-9-11-18(12-10-17)24(21,22)14-8-16-23(19,20)13-7-15-5-3-2-4-6-15/h2-6,16H,7-14H2,1H3. The van der Waals surface area contributed by atoms with Gasteiger partial charge < -0.3 is 4.90 Å². The second-order valence-electron chi connectivity index (χ2n) is 5.97. The quantitative estimate of drug-likeness (QED) is 0.676. The molecule has 2 rings (SSSR count). The van der Waals surface area contributed by atoms with Gasteiger partial charge in [0.05, 0.1) is 11.5 Å². The van der Waals surface area contributed by atoms with E-state index in [2.05, 4.69) is 9.62 Å². The second-order valence-corrected chi connectivity index (χ2v) is 9.98. The highest BCUT2D eigenvalue weighted by Crippen LogP contribution is 2.07. The average molecular weight is 376 g/mol. The van der Waals surface area contributed by atoms with Crippen molar-refractivity contribution in [3.05, 3.63) is 35.9 Å². The van der Waals surface area contributed by atoms with Gasteiger partial charge in [0.15, 0.2) is 0 Å². The highest BCUT2D eigenvalue weighted by molar-refractivity contribution is 7.90. The first-order valence-corrected chi connectivity index (χ1v) is 11.2. The minimum atomic E-state index is -3.48. The Hall–Kier alpha value is -1.00. The van der Waals surface area contributed by atoms with Crippen LogP contribution in [0.25, 0.3) is 0 Å². The summed E-state index contributed by atoms with van der Waals surface area (Å²) in [5, 5.41) is 0. The maximum absolute atomic E-state index is 12.2. The molecule has 24 heavy (non-hydrogen) atoms. The van der Waals surface area contributed by atoms with Crippen molar-refractivity contribution in [3.63, 3.8) is 0 Å². The summed E-state index contributed by atoms with van der Waals surface area (Å²) < 4.78 is 52.3. The summed E-state index contributed by atoms with van der Waals surface area (Å²) in [7, 11) is -4.95. The van der Waals surface area contributed by atoms with Gasteiger partial charge in [-0.2, -0.15) is 4.31 Å². The van der Waals surface area contributed by atoms with Crippen LogP contribution in [0.3, 0.4) is 0 Å². The SMILES string of the molecule is CN1CCN(S(=O)(=O)CCNS(=O)(=O)CCc2ccccc2)CC1. The lowest BCUT2D eigenvalue weighted by atomic mass is 10.2. The van der Waals surface area contributed by atoms with Crippen LogP contribution in [0, 0.1) is 0 Å². The fourth-order valence-corrected chi connectivity index (χ4v) is 5.02. The molecular weight excluding hydrogens is 350 g/mol. The maximum atomic E-state index is 12.2. The molecule has 0 amide bonds. The molecule has 1 aromatic carbocycles. The molecule has 1 aromatic rings. The minimum absolute atomic E-state index is 0.0500. The molecule has 1 aliphatic heterocycles. The van der Waals surface area contributed by atoms with Crippen molar-refractivity contribution < 1.29 is 16.8 Å². The zero-order valence-electron chi connectivity index (χ0n) is 13.9. The van der Waals surface area contributed by atoms with E-state index in [4.69, 9.17) is 0 Å². The van der Waals surface area contributed by atoms with Crippen LogP contribution in [0.1, 0.15) is 5.56 Å². The van der Waals surface area contributed by atoms with E-state index in [1.54, 1.807) is 0 Å². The molecule has 7 nitrogen and oxygen atoms in total. The minimum Gasteiger partial charge on any atom is -0.304 e. The number of aryl methyl sites for hydroxylation is 1. The number of benzene rings is 1. The number of hydrogen-bond donors (Lipinski definition) is 1. The van der Waals surface area contributed by atoms with Crippen molar-refractivity contribution in [2.24, 2.45) is 0 Å². The van der Waals surface area contributed by atoms with E-state index >= 15 is 0 Å². The zero-order chi connectivity index (χ0) is 17.6. The van der Waals surface area contributed by atoms with Gasteiger partial charge in [-0.3, -0.25) is 0 Å². The summed E-state index contributed by atoms with van der Waals surface area (Å²) >= 11 is 0. The third-order valence-corrected chi connectivity index (χ3v) is 7.30. The Morgan fingerprint density at radius 2 is 1.58 bits per heavy atom. The smallest absolute Gasteiger partial charge is 0.215 e. The molecule has 9 heteroatoms. The van der Waals surface area contributed by atoms with Crippen LogP contribution in [-0.4, -0.2) is 77.3 Å². The molecule has 1 heterocycles. The molecule has 1 aliphatic rings. The topological polar surface area (TPSA) is 86.8 Å². The number of piperazine rings is 1. The first kappa shape index (κ1) is 19.3. The summed E-state index contributed by atoms with van der Waals surface area (Å²) in [4.78, 5) is 2.07. The fourth-order valence-electron chi connectivity index (χ4n) is 2.49. The number of nitrogens with zero attached hydrogens (tertiary/aromatic N) is 2. The monoisotopic (exact) mass is 375 g/mol. The molecule has 0 unspecified atom stereocenters. The molecule has 0 atom stereocenters. The van der Waals surface area contributed by atoms with Crippen LogP contribution < -0.4 is 4.72 Å². The lowest BCUT2D eigenvalue weighted by Gasteiger charge is -2.31. The van der Waals surface area contributed by atoms with E-state index in [-0.39, 0.29) is 18.1 Å². The van der Waals surface area contributed by atoms with Crippen LogP contribution in [-0.2, 0) is 26.5 Å². The molecule has 136 valence electrons. The van der Waals surface area contributed by atoms with E-state index in [0.717, 1.165) is 5.56 Å². The third kappa shape index (κ3) is 6.14. The van der Waals surface area contributed by atoms with E-state index in [9.17, 15) is 16.8 Å². The van der Waals surface area contributed by atoms with Gasteiger partial charge in [0.1, 0.15) is 0 Å². The van der Waals surface area contributed by atoms with E-state index in [0.29, 0.717) is 32.6 Å². The number of sulfonamides is 2. The third-order valence-electron chi connectivity index (χ3n) is 4.04. The molecular formula is C15H25N3O4S2. The highest BCUT2D eigenvalue weighted by Gasteiger charge is 2.25. The van der Waals surface area contributed by atoms with Crippen LogP contribution >= 0.6 is 0 Å². The number of likely N-dealkylation sites (N-methyl/N-ethyl adjacent to an activating group) is 1. The van der Waals surface area contributed by atoms with Gasteiger partial charge in [0, 0.05) is 32.7 Å². The Bertz CT molecular complexity index is 712. The summed E-state index contributed by atoms with van der Waals surface area (Å²) in [5.74, 6) is -0.257. The van der Waals surface area contributed by atoms with E-state index in [1.807, 2.05) is 37.4 Å². The average Bonchev–Trinajstić information content (AvgIpc) is 2.54. The lowest BCUT2D eigenvalue weighted by Crippen LogP contribution is -2.48. The van der Waals surface area contributed by atoms with Gasteiger partial charge in [-0.1, -0.05) is 30.3 Å². The molecule has 1 saturated heterocycles. The molecule has 0 saturated carbocycles. The summed E-state index contributed by atoms with van der Waals surface area (Å²) in [6.45, 7) is 2.22. The number of nitrogens with one attached hydrogen (secondary N) is 1. The molecule has 1 N–H and O–H groups in total. The normalized spacial score (nSPS) is 17.9. The van der Waals surface area contributed by atoms with Crippen molar-refractivity contribution in [1.82, 2.24) is 13.9 Å². The summed E-state index contributed by atoms with van der Waals surface area (Å²) in [5.41, 5.74) is 0.938. The van der Waals surface area contributed by atoms with Crippen molar-refractivity contribution in [3.8, 4) is 0 Å². The lowest BCUT2D eigenvalue weighted by molar-refractivity contribution is 0.222. The van der Waals surface area contributed by atoms with Crippen molar-refractivity contribution in [2.45, 2.75) is 6.42 Å². The number of rotatable bonds is 8. The summed E-state index contributed by atoms with van der Waals surface area (Å²) in [6, 6.07) is 9.33. The predicted octanol–water partition coefficient (Wildman–Crippen LogP) is -0.274. The second kappa shape index (κ2) is 8.39. The van der Waals surface area contributed by atoms with Crippen LogP contribution in [0.4, 0.5) is 0 Å².